The zero-order valence-electron chi connectivity index (χ0n) is 19.8. The molecule has 3 aromatic rings. The van der Waals surface area contributed by atoms with Crippen molar-refractivity contribution in [2.45, 2.75) is 38.0 Å². The fraction of sp³-hybridized carbons (Fsp3) is 0.357. The minimum atomic E-state index is -0.737. The maximum atomic E-state index is 9.86. The van der Waals surface area contributed by atoms with E-state index >= 15 is 0 Å². The van der Waals surface area contributed by atoms with Crippen molar-refractivity contribution >= 4 is 0 Å². The molecule has 1 aromatic heterocycles. The van der Waals surface area contributed by atoms with Crippen molar-refractivity contribution in [1.82, 2.24) is 14.5 Å². The summed E-state index contributed by atoms with van der Waals surface area (Å²) in [6.45, 7) is 3.75. The van der Waals surface area contributed by atoms with Crippen LogP contribution in [-0.4, -0.2) is 57.0 Å². The second-order valence-corrected chi connectivity index (χ2v) is 8.69. The van der Waals surface area contributed by atoms with Crippen LogP contribution in [0.1, 0.15) is 43.3 Å². The summed E-state index contributed by atoms with van der Waals surface area (Å²) in [6.07, 6.45) is 4.63. The molecule has 1 aliphatic heterocycles. The van der Waals surface area contributed by atoms with Crippen LogP contribution >= 0.6 is 0 Å². The van der Waals surface area contributed by atoms with Gasteiger partial charge in [-0.3, -0.25) is 4.90 Å². The second-order valence-electron chi connectivity index (χ2n) is 8.69. The maximum Gasteiger partial charge on any atom is 0.138 e. The van der Waals surface area contributed by atoms with E-state index in [1.807, 2.05) is 36.4 Å². The first-order valence-electron chi connectivity index (χ1n) is 11.9. The van der Waals surface area contributed by atoms with E-state index in [-0.39, 0.29) is 12.7 Å². The summed E-state index contributed by atoms with van der Waals surface area (Å²) in [5.74, 6) is 7.53. The zero-order valence-corrected chi connectivity index (χ0v) is 19.8. The van der Waals surface area contributed by atoms with Gasteiger partial charge in [0, 0.05) is 31.0 Å². The highest BCUT2D eigenvalue weighted by Crippen LogP contribution is 2.25. The summed E-state index contributed by atoms with van der Waals surface area (Å²) in [7, 11) is 0. The molecule has 7 heteroatoms. The maximum absolute atomic E-state index is 9.86. The van der Waals surface area contributed by atoms with E-state index in [4.69, 9.17) is 10.00 Å². The lowest BCUT2D eigenvalue weighted by molar-refractivity contribution is 0.108. The molecule has 4 rings (SSSR count). The smallest absolute Gasteiger partial charge is 0.138 e. The van der Waals surface area contributed by atoms with Crippen molar-refractivity contribution in [3.8, 4) is 34.8 Å². The largest absolute Gasteiger partial charge is 0.490 e. The number of likely N-dealkylation sites (tertiary alicyclic amines) is 1. The molecule has 1 fully saturated rings. The lowest BCUT2D eigenvalue weighted by Gasteiger charge is -2.30. The predicted octanol–water partition coefficient (Wildman–Crippen LogP) is 3.56. The van der Waals surface area contributed by atoms with Gasteiger partial charge in [-0.25, -0.2) is 4.98 Å². The Morgan fingerprint density at radius 2 is 1.74 bits per heavy atom. The minimum absolute atomic E-state index is 0.172. The van der Waals surface area contributed by atoms with Crippen LogP contribution in [0.5, 0.6) is 5.75 Å². The van der Waals surface area contributed by atoms with Crippen LogP contribution in [0.4, 0.5) is 0 Å². The number of piperidine rings is 1. The number of benzene rings is 2. The van der Waals surface area contributed by atoms with E-state index in [1.54, 1.807) is 23.9 Å². The van der Waals surface area contributed by atoms with Gasteiger partial charge in [0.15, 0.2) is 0 Å². The van der Waals surface area contributed by atoms with Gasteiger partial charge in [-0.2, -0.15) is 5.26 Å². The van der Waals surface area contributed by atoms with E-state index < -0.39 is 12.1 Å². The highest BCUT2D eigenvalue weighted by molar-refractivity contribution is 5.65. The molecule has 1 saturated heterocycles. The number of hydrogen-bond acceptors (Lipinski definition) is 6. The Morgan fingerprint density at radius 1 is 1.09 bits per heavy atom. The predicted molar refractivity (Wildman–Crippen MR) is 133 cm³/mol. The number of rotatable bonds is 7. The number of imidazole rings is 1. The molecule has 1 unspecified atom stereocenters. The Kier molecular flexibility index (Phi) is 8.18. The lowest BCUT2D eigenvalue weighted by Crippen LogP contribution is -2.38. The zero-order chi connectivity index (χ0) is 24.6. The number of aromatic nitrogens is 2. The van der Waals surface area contributed by atoms with Crippen molar-refractivity contribution in [2.24, 2.45) is 0 Å². The first-order valence-corrected chi connectivity index (χ1v) is 11.9. The molecule has 0 bridgehead atoms. The third-order valence-corrected chi connectivity index (χ3v) is 6.17. The van der Waals surface area contributed by atoms with Gasteiger partial charge in [-0.1, -0.05) is 36.1 Å². The van der Waals surface area contributed by atoms with E-state index in [1.165, 1.54) is 0 Å². The summed E-state index contributed by atoms with van der Waals surface area (Å²) in [5, 5.41) is 28.5. The van der Waals surface area contributed by atoms with Gasteiger partial charge in [-0.15, -0.1) is 0 Å². The molecule has 2 atom stereocenters. The number of hydrogen-bond donors (Lipinski definition) is 2. The van der Waals surface area contributed by atoms with Gasteiger partial charge in [-0.05, 0) is 55.2 Å². The SMILES string of the molecule is C[C@H](O)c1nccn1C(C#Cc1ccc(-c2ccc(OC3CCN(CC#N)CC3)cc2)cc1)CO. The Labute approximate surface area is 206 Å². The van der Waals surface area contributed by atoms with Crippen molar-refractivity contribution in [3.63, 3.8) is 0 Å². The molecule has 7 nitrogen and oxygen atoms in total. The van der Waals surface area contributed by atoms with Gasteiger partial charge in [0.1, 0.15) is 29.8 Å². The van der Waals surface area contributed by atoms with Crippen molar-refractivity contribution in [3.05, 3.63) is 72.3 Å². The highest BCUT2D eigenvalue weighted by atomic mass is 16.5. The minimum Gasteiger partial charge on any atom is -0.490 e. The normalized spacial score (nSPS) is 16.1. The molecule has 1 aliphatic rings. The number of aliphatic hydroxyl groups is 2. The molecule has 0 amide bonds. The summed E-state index contributed by atoms with van der Waals surface area (Å²) in [6, 6.07) is 17.8. The molecule has 2 N–H and O–H groups in total. The van der Waals surface area contributed by atoms with Gasteiger partial charge >= 0.3 is 0 Å². The quantitative estimate of drug-likeness (QED) is 0.405. The molecule has 0 saturated carbocycles. The fourth-order valence-corrected chi connectivity index (χ4v) is 4.23. The molecule has 2 aromatic carbocycles. The first-order chi connectivity index (χ1) is 17.1. The molecular formula is C28H30N4O3. The number of aliphatic hydroxyl groups excluding tert-OH is 2. The van der Waals surface area contributed by atoms with Crippen LogP contribution in [0.2, 0.25) is 0 Å². The van der Waals surface area contributed by atoms with Crippen molar-refractivity contribution < 1.29 is 14.9 Å². The first kappa shape index (κ1) is 24.5. The van der Waals surface area contributed by atoms with E-state index in [0.29, 0.717) is 12.4 Å². The van der Waals surface area contributed by atoms with E-state index in [0.717, 1.165) is 48.4 Å². The molecular weight excluding hydrogens is 440 g/mol. The molecule has 0 spiro atoms. The standard InChI is InChI=1S/C28H30N4O3/c1-21(34)28-30-15-19-32(28)25(20-33)9-4-22-2-5-23(6-3-22)24-7-10-26(11-8-24)35-27-12-16-31(17-13-27)18-14-29/h2-3,5-8,10-11,15,19,21,25,27,33-34H,12-13,16-18,20H2,1H3/t21-,25?/m0/s1. The molecule has 180 valence electrons. The van der Waals surface area contributed by atoms with Crippen LogP contribution in [0, 0.1) is 23.2 Å². The van der Waals surface area contributed by atoms with E-state index in [2.05, 4.69) is 39.9 Å². The van der Waals surface area contributed by atoms with Gasteiger partial charge in [0.05, 0.1) is 19.2 Å². The average Bonchev–Trinajstić information content (AvgIpc) is 3.37. The molecule has 0 radical (unpaired) electrons. The number of nitrogens with zero attached hydrogens (tertiary/aromatic N) is 4. The van der Waals surface area contributed by atoms with Gasteiger partial charge in [0.2, 0.25) is 0 Å². The summed E-state index contributed by atoms with van der Waals surface area (Å²) >= 11 is 0. The Hall–Kier alpha value is -3.62. The summed E-state index contributed by atoms with van der Waals surface area (Å²) in [4.78, 5) is 6.30. The Morgan fingerprint density at radius 3 is 2.34 bits per heavy atom. The van der Waals surface area contributed by atoms with Crippen molar-refractivity contribution in [2.75, 3.05) is 26.2 Å². The number of ether oxygens (including phenoxy) is 1. The van der Waals surface area contributed by atoms with Crippen LogP contribution in [0.15, 0.2) is 60.9 Å². The van der Waals surface area contributed by atoms with Crippen LogP contribution in [0.3, 0.4) is 0 Å². The molecule has 35 heavy (non-hydrogen) atoms. The van der Waals surface area contributed by atoms with Crippen molar-refractivity contribution in [1.29, 1.82) is 5.26 Å². The third-order valence-electron chi connectivity index (χ3n) is 6.17. The van der Waals surface area contributed by atoms with E-state index in [9.17, 15) is 10.2 Å². The summed E-state index contributed by atoms with van der Waals surface area (Å²) < 4.78 is 7.84. The fourth-order valence-electron chi connectivity index (χ4n) is 4.23. The molecule has 2 heterocycles. The van der Waals surface area contributed by atoms with Crippen LogP contribution in [0.25, 0.3) is 11.1 Å². The summed E-state index contributed by atoms with van der Waals surface area (Å²) in [5.41, 5.74) is 3.01. The molecule has 0 aliphatic carbocycles. The third kappa shape index (κ3) is 6.29. The van der Waals surface area contributed by atoms with Gasteiger partial charge in [0.25, 0.3) is 0 Å². The number of nitriles is 1. The van der Waals surface area contributed by atoms with Crippen LogP contribution < -0.4 is 4.74 Å². The highest BCUT2D eigenvalue weighted by Gasteiger charge is 2.20. The van der Waals surface area contributed by atoms with Gasteiger partial charge < -0.3 is 19.5 Å². The Balaban J connectivity index is 1.37. The lowest BCUT2D eigenvalue weighted by atomic mass is 10.0. The van der Waals surface area contributed by atoms with Crippen LogP contribution in [-0.2, 0) is 0 Å². The average molecular weight is 471 g/mol. The topological polar surface area (TPSA) is 94.5 Å². The Bertz CT molecular complexity index is 1190. The second kappa shape index (κ2) is 11.7. The monoisotopic (exact) mass is 470 g/mol.